The van der Waals surface area contributed by atoms with Crippen molar-refractivity contribution in [1.82, 2.24) is 28.2 Å². The third-order valence-corrected chi connectivity index (χ3v) is 25.9. The van der Waals surface area contributed by atoms with Crippen LogP contribution in [0, 0.1) is 0 Å². The maximum atomic E-state index is 5.30. The van der Waals surface area contributed by atoms with E-state index in [2.05, 4.69) is 504 Å². The molecule has 0 aliphatic rings. The van der Waals surface area contributed by atoms with E-state index in [1.807, 2.05) is 12.1 Å². The molecule has 6 heterocycles. The topological polar surface area (TPSA) is 45.5 Å². The molecule has 608 valence electrons. The lowest BCUT2D eigenvalue weighted by molar-refractivity contribution is 1.18. The van der Waals surface area contributed by atoms with E-state index in [1.165, 1.54) is 149 Å². The van der Waals surface area contributed by atoms with E-state index in [1.54, 1.807) is 0 Å². The first-order valence-electron chi connectivity index (χ1n) is 44.5. The van der Waals surface area contributed by atoms with Gasteiger partial charge in [-0.15, -0.1) is 0 Å². The van der Waals surface area contributed by atoms with Crippen molar-refractivity contribution >= 4 is 87.2 Å². The molecule has 0 saturated heterocycles. The summed E-state index contributed by atoms with van der Waals surface area (Å²) in [5, 5.41) is 9.93. The van der Waals surface area contributed by atoms with Gasteiger partial charge in [-0.3, -0.25) is 0 Å². The van der Waals surface area contributed by atoms with Crippen LogP contribution in [0.5, 0.6) is 0 Å². The van der Waals surface area contributed by atoms with Gasteiger partial charge in [0.15, 0.2) is 0 Å². The van der Waals surface area contributed by atoms with Crippen molar-refractivity contribution in [3.05, 3.63) is 497 Å². The Morgan fingerprint density at radius 3 is 0.538 bits per heavy atom. The summed E-state index contributed by atoms with van der Waals surface area (Å²) in [4.78, 5) is 10.4. The van der Waals surface area contributed by atoms with Crippen LogP contribution >= 0.6 is 0 Å². The average Bonchev–Trinajstić information content (AvgIpc) is 1.58. The van der Waals surface area contributed by atoms with Gasteiger partial charge in [0.2, 0.25) is 0 Å². The third-order valence-electron chi connectivity index (χ3n) is 25.9. The standard InChI is InChI=1S/C65H43N3.C59H39N3/c1-4-14-44(15-5-1)46-24-28-49(29-25-46)60-42-53(43-61(66-60)50-30-26-47(27-31-50)45-16-6-2-7-17-45)48-32-36-55(37-33-48)68-63-23-13-11-21-57(63)59-41-52(35-39-65(59)68)51-34-38-64-58(40-51)56-20-10-12-22-62(56)67(64)54-18-8-3-9-19-54;1-4-14-40(15-5-1)41-24-30-48(31-25-41)61-56-22-12-10-20-50(56)52-36-45(28-34-58(52)61)46-29-35-59-53(37-46)51-21-11-13-23-57(51)62(59)49-32-26-42(27-33-49)47-38-54(43-16-6-2-7-17-43)60-55(39-47)44-18-8-3-9-19-44/h1-43H;1-39H. The normalized spacial score (nSPS) is 11.5. The Bertz CT molecular complexity index is 8390. The Morgan fingerprint density at radius 1 is 0.108 bits per heavy atom. The van der Waals surface area contributed by atoms with Crippen LogP contribution in [0.25, 0.3) is 233 Å². The van der Waals surface area contributed by atoms with Gasteiger partial charge in [0.05, 0.1) is 66.9 Å². The first-order valence-corrected chi connectivity index (χ1v) is 44.5. The van der Waals surface area contributed by atoms with Crippen LogP contribution in [0.4, 0.5) is 0 Å². The third kappa shape index (κ3) is 14.0. The molecule has 0 N–H and O–H groups in total. The Labute approximate surface area is 753 Å². The van der Waals surface area contributed by atoms with Crippen LogP contribution in [0.1, 0.15) is 0 Å². The van der Waals surface area contributed by atoms with Crippen LogP contribution in [0.2, 0.25) is 0 Å². The van der Waals surface area contributed by atoms with Crippen molar-refractivity contribution in [3.63, 3.8) is 0 Å². The number of fused-ring (bicyclic) bond motifs is 12. The zero-order valence-corrected chi connectivity index (χ0v) is 71.0. The maximum Gasteiger partial charge on any atom is 0.0715 e. The SMILES string of the molecule is c1ccc(-c2ccc(-c3cc(-c4ccc(-n5c6ccccc6c6cc(-c7ccc8c(c7)c7ccccc7n8-c7ccccc7)ccc65)cc4)cc(-c4ccc(-c5ccccc5)cc4)n3)cc2)cc1.c1ccc(-c2ccc(-n3c4ccccc4c4cc(-c5ccc6c(c5)c5ccccc5n6-c5ccc(-c6cc(-c7ccccc7)nc(-c7ccccc7)c6)cc5)ccc43)cc2)cc1. The van der Waals surface area contributed by atoms with E-state index in [4.69, 9.17) is 9.97 Å². The molecule has 0 unspecified atom stereocenters. The lowest BCUT2D eigenvalue weighted by atomic mass is 9.97. The molecule has 0 fully saturated rings. The molecule has 6 heteroatoms. The molecular weight excluding hydrogens is 1570 g/mol. The molecule has 25 aromatic rings. The average molecular weight is 1660 g/mol. The van der Waals surface area contributed by atoms with Crippen molar-refractivity contribution in [2.45, 2.75) is 0 Å². The highest BCUT2D eigenvalue weighted by Crippen LogP contribution is 2.44. The van der Waals surface area contributed by atoms with Gasteiger partial charge >= 0.3 is 0 Å². The number of hydrogen-bond donors (Lipinski definition) is 0. The summed E-state index contributed by atoms with van der Waals surface area (Å²) in [6.45, 7) is 0. The lowest BCUT2D eigenvalue weighted by Gasteiger charge is -2.13. The van der Waals surface area contributed by atoms with Gasteiger partial charge in [-0.25, -0.2) is 9.97 Å². The van der Waals surface area contributed by atoms with Crippen LogP contribution < -0.4 is 0 Å². The smallest absolute Gasteiger partial charge is 0.0715 e. The fraction of sp³-hybridized carbons (Fsp3) is 0. The van der Waals surface area contributed by atoms with Gasteiger partial charge in [-0.1, -0.05) is 352 Å². The molecule has 0 bridgehead atoms. The van der Waals surface area contributed by atoms with Crippen LogP contribution in [-0.4, -0.2) is 28.2 Å². The number of benzene rings is 19. The first-order chi connectivity index (χ1) is 64.4. The Hall–Kier alpha value is -17.3. The van der Waals surface area contributed by atoms with E-state index in [0.717, 1.165) is 84.3 Å². The number of para-hydroxylation sites is 5. The minimum Gasteiger partial charge on any atom is -0.309 e. The lowest BCUT2D eigenvalue weighted by Crippen LogP contribution is -1.95. The summed E-state index contributed by atoms with van der Waals surface area (Å²) in [5.74, 6) is 0. The number of pyridine rings is 2. The molecule has 0 atom stereocenters. The summed E-state index contributed by atoms with van der Waals surface area (Å²) >= 11 is 0. The van der Waals surface area contributed by atoms with Crippen molar-refractivity contribution in [1.29, 1.82) is 0 Å². The van der Waals surface area contributed by atoms with Gasteiger partial charge in [0.25, 0.3) is 0 Å². The predicted molar refractivity (Wildman–Crippen MR) is 546 cm³/mol. The number of hydrogen-bond acceptors (Lipinski definition) is 2. The molecule has 0 saturated carbocycles. The Morgan fingerprint density at radius 2 is 0.277 bits per heavy atom. The van der Waals surface area contributed by atoms with Crippen molar-refractivity contribution in [2.75, 3.05) is 0 Å². The highest BCUT2D eigenvalue weighted by molar-refractivity contribution is 6.15. The van der Waals surface area contributed by atoms with Crippen LogP contribution in [0.3, 0.4) is 0 Å². The minimum absolute atomic E-state index is 0.938. The second kappa shape index (κ2) is 32.7. The van der Waals surface area contributed by atoms with Crippen molar-refractivity contribution < 1.29 is 0 Å². The number of rotatable bonds is 15. The molecule has 0 radical (unpaired) electrons. The Kier molecular flexibility index (Phi) is 19.2. The molecule has 6 nitrogen and oxygen atoms in total. The molecule has 6 aromatic heterocycles. The minimum atomic E-state index is 0.938. The largest absolute Gasteiger partial charge is 0.309 e. The summed E-state index contributed by atoms with van der Waals surface area (Å²) in [6.07, 6.45) is 0. The van der Waals surface area contributed by atoms with E-state index >= 15 is 0 Å². The highest BCUT2D eigenvalue weighted by Gasteiger charge is 2.22. The molecule has 0 aliphatic heterocycles. The molecular formula is C124H82N6. The van der Waals surface area contributed by atoms with E-state index in [0.29, 0.717) is 0 Å². The second-order valence-corrected chi connectivity index (χ2v) is 33.6. The van der Waals surface area contributed by atoms with Gasteiger partial charge in [-0.05, 0) is 223 Å². The summed E-state index contributed by atoms with van der Waals surface area (Å²) in [6, 6.07) is 179. The van der Waals surface area contributed by atoms with Crippen LogP contribution in [-0.2, 0) is 0 Å². The van der Waals surface area contributed by atoms with E-state index in [9.17, 15) is 0 Å². The van der Waals surface area contributed by atoms with Gasteiger partial charge in [-0.2, -0.15) is 0 Å². The molecule has 0 amide bonds. The van der Waals surface area contributed by atoms with Crippen molar-refractivity contribution in [3.8, 4) is 146 Å². The summed E-state index contributed by atoms with van der Waals surface area (Å²) < 4.78 is 9.57. The van der Waals surface area contributed by atoms with Crippen molar-refractivity contribution in [2.24, 2.45) is 0 Å². The molecule has 130 heavy (non-hydrogen) atoms. The maximum absolute atomic E-state index is 5.30. The monoisotopic (exact) mass is 1650 g/mol. The Balaban J connectivity index is 0.000000145. The quantitative estimate of drug-likeness (QED) is 0.103. The second-order valence-electron chi connectivity index (χ2n) is 33.6. The first kappa shape index (κ1) is 76.3. The van der Waals surface area contributed by atoms with Gasteiger partial charge in [0, 0.05) is 88.1 Å². The fourth-order valence-corrected chi connectivity index (χ4v) is 19.5. The molecule has 0 spiro atoms. The molecule has 0 aliphatic carbocycles. The van der Waals surface area contributed by atoms with E-state index in [-0.39, 0.29) is 0 Å². The van der Waals surface area contributed by atoms with Crippen LogP contribution in [0.15, 0.2) is 497 Å². The van der Waals surface area contributed by atoms with Gasteiger partial charge < -0.3 is 18.3 Å². The predicted octanol–water partition coefficient (Wildman–Crippen LogP) is 32.9. The number of nitrogens with zero attached hydrogens (tertiary/aromatic N) is 6. The fourth-order valence-electron chi connectivity index (χ4n) is 19.5. The zero-order valence-electron chi connectivity index (χ0n) is 71.0. The van der Waals surface area contributed by atoms with Gasteiger partial charge in [0.1, 0.15) is 0 Å². The summed E-state index contributed by atoms with van der Waals surface area (Å²) in [5.41, 5.74) is 38.8. The summed E-state index contributed by atoms with van der Waals surface area (Å²) in [7, 11) is 0. The molecule has 25 rings (SSSR count). The number of aromatic nitrogens is 6. The van der Waals surface area contributed by atoms with E-state index < -0.39 is 0 Å². The zero-order chi connectivity index (χ0) is 86.0. The molecule has 19 aromatic carbocycles. The highest BCUT2D eigenvalue weighted by atomic mass is 15.0.